The number of aryl methyl sites for hydroxylation is 3. The highest BCUT2D eigenvalue weighted by Crippen LogP contribution is 2.22. The Balaban J connectivity index is 1.91. The third-order valence-electron chi connectivity index (χ3n) is 5.02. The Hall–Kier alpha value is -3.08. The maximum absolute atomic E-state index is 12.9. The molecule has 0 saturated carbocycles. The summed E-state index contributed by atoms with van der Waals surface area (Å²) < 4.78 is 1.96. The summed E-state index contributed by atoms with van der Waals surface area (Å²) in [6.07, 6.45) is 0. The predicted molar refractivity (Wildman–Crippen MR) is 109 cm³/mol. The van der Waals surface area contributed by atoms with Gasteiger partial charge in [0.25, 0.3) is 5.91 Å². The molecule has 0 atom stereocenters. The van der Waals surface area contributed by atoms with E-state index in [1.165, 1.54) is 0 Å². The van der Waals surface area contributed by atoms with Crippen LogP contribution in [0.2, 0.25) is 0 Å². The van der Waals surface area contributed by atoms with E-state index in [2.05, 4.69) is 19.1 Å². The first-order valence-electron chi connectivity index (χ1n) is 9.02. The summed E-state index contributed by atoms with van der Waals surface area (Å²) >= 11 is 0. The van der Waals surface area contributed by atoms with E-state index in [1.54, 1.807) is 11.0 Å². The largest absolute Gasteiger partial charge is 0.399 e. The van der Waals surface area contributed by atoms with Crippen molar-refractivity contribution in [3.05, 3.63) is 76.1 Å². The molecule has 0 spiro atoms. The average Bonchev–Trinajstić information content (AvgIpc) is 2.91. The van der Waals surface area contributed by atoms with Crippen molar-refractivity contribution in [2.45, 2.75) is 34.2 Å². The van der Waals surface area contributed by atoms with Gasteiger partial charge in [0.2, 0.25) is 0 Å². The van der Waals surface area contributed by atoms with Crippen LogP contribution in [0.1, 0.15) is 38.4 Å². The molecule has 2 aromatic carbocycles. The molecule has 0 radical (unpaired) electrons. The smallest absolute Gasteiger partial charge is 0.254 e. The van der Waals surface area contributed by atoms with Crippen LogP contribution in [0.3, 0.4) is 0 Å². The van der Waals surface area contributed by atoms with Crippen molar-refractivity contribution in [2.24, 2.45) is 0 Å². The van der Waals surface area contributed by atoms with Crippen LogP contribution in [0.5, 0.6) is 0 Å². The lowest BCUT2D eigenvalue weighted by atomic mass is 10.1. The van der Waals surface area contributed by atoms with Crippen molar-refractivity contribution in [3.63, 3.8) is 0 Å². The van der Waals surface area contributed by atoms with E-state index >= 15 is 0 Å². The fourth-order valence-corrected chi connectivity index (χ4v) is 3.32. The van der Waals surface area contributed by atoms with Crippen LogP contribution < -0.4 is 5.73 Å². The summed E-state index contributed by atoms with van der Waals surface area (Å²) in [5, 5.41) is 4.72. The highest BCUT2D eigenvalue weighted by molar-refractivity contribution is 5.96. The van der Waals surface area contributed by atoms with Gasteiger partial charge in [-0.1, -0.05) is 24.3 Å². The maximum atomic E-state index is 12.9. The number of anilines is 1. The van der Waals surface area contributed by atoms with Crippen LogP contribution in [0.4, 0.5) is 5.69 Å². The number of amides is 1. The third-order valence-corrected chi connectivity index (χ3v) is 5.02. The first-order valence-corrected chi connectivity index (χ1v) is 9.02. The first kappa shape index (κ1) is 18.7. The highest BCUT2D eigenvalue weighted by Gasteiger charge is 2.20. The normalized spacial score (nSPS) is 10.9. The number of hydrogen-bond acceptors (Lipinski definition) is 3. The molecule has 5 heteroatoms. The van der Waals surface area contributed by atoms with E-state index in [0.717, 1.165) is 33.8 Å². The van der Waals surface area contributed by atoms with Gasteiger partial charge in [0.1, 0.15) is 0 Å². The van der Waals surface area contributed by atoms with Gasteiger partial charge in [0.15, 0.2) is 0 Å². The minimum Gasteiger partial charge on any atom is -0.399 e. The van der Waals surface area contributed by atoms with Gasteiger partial charge in [-0.3, -0.25) is 4.79 Å². The molecular formula is C22H26N4O. The number of nitrogens with two attached hydrogens (primary N) is 1. The minimum absolute atomic E-state index is 0.0396. The van der Waals surface area contributed by atoms with Crippen LogP contribution in [0, 0.1) is 27.7 Å². The molecule has 1 heterocycles. The Labute approximate surface area is 160 Å². The number of carbonyl (C=O) groups excluding carboxylic acids is 1. The number of para-hydroxylation sites is 1. The molecule has 0 bridgehead atoms. The number of rotatable bonds is 4. The van der Waals surface area contributed by atoms with Crippen molar-refractivity contribution in [1.82, 2.24) is 14.7 Å². The second-order valence-electron chi connectivity index (χ2n) is 7.08. The van der Waals surface area contributed by atoms with Crippen molar-refractivity contribution < 1.29 is 4.79 Å². The topological polar surface area (TPSA) is 64.2 Å². The lowest BCUT2D eigenvalue weighted by molar-refractivity contribution is 0.0784. The van der Waals surface area contributed by atoms with E-state index in [0.29, 0.717) is 17.8 Å². The van der Waals surface area contributed by atoms with Crippen LogP contribution in [0.25, 0.3) is 5.69 Å². The van der Waals surface area contributed by atoms with Gasteiger partial charge in [-0.25, -0.2) is 4.68 Å². The third kappa shape index (κ3) is 3.58. The van der Waals surface area contributed by atoms with E-state index in [-0.39, 0.29) is 5.91 Å². The van der Waals surface area contributed by atoms with Crippen molar-refractivity contribution in [2.75, 3.05) is 12.8 Å². The standard InChI is InChI=1S/C22H26N4O/c1-14-10-11-18(23)12-19(14)22(27)25(5)13-20-16(3)24-26(17(20)4)21-9-7-6-8-15(21)2/h6-12H,13,23H2,1-5H3. The number of benzene rings is 2. The molecule has 27 heavy (non-hydrogen) atoms. The molecule has 0 saturated heterocycles. The summed E-state index contributed by atoms with van der Waals surface area (Å²) in [4.78, 5) is 14.6. The first-order chi connectivity index (χ1) is 12.8. The lowest BCUT2D eigenvalue weighted by Crippen LogP contribution is -2.27. The van der Waals surface area contributed by atoms with Gasteiger partial charge in [-0.05, 0) is 57.0 Å². The second kappa shape index (κ2) is 7.27. The molecule has 3 aromatic rings. The molecule has 0 aliphatic carbocycles. The van der Waals surface area contributed by atoms with Crippen LogP contribution in [-0.4, -0.2) is 27.6 Å². The Morgan fingerprint density at radius 2 is 1.78 bits per heavy atom. The van der Waals surface area contributed by atoms with Gasteiger partial charge in [-0.15, -0.1) is 0 Å². The van der Waals surface area contributed by atoms with Crippen LogP contribution in [0.15, 0.2) is 42.5 Å². The highest BCUT2D eigenvalue weighted by atomic mass is 16.2. The van der Waals surface area contributed by atoms with Crippen molar-refractivity contribution in [3.8, 4) is 5.69 Å². The number of aromatic nitrogens is 2. The van der Waals surface area contributed by atoms with Crippen LogP contribution >= 0.6 is 0 Å². The minimum atomic E-state index is -0.0396. The average molecular weight is 362 g/mol. The zero-order chi connectivity index (χ0) is 19.7. The summed E-state index contributed by atoms with van der Waals surface area (Å²) in [5.41, 5.74) is 13.3. The molecule has 1 amide bonds. The number of carbonyl (C=O) groups is 1. The van der Waals surface area contributed by atoms with E-state index in [1.807, 2.05) is 56.8 Å². The molecule has 0 aliphatic heterocycles. The summed E-state index contributed by atoms with van der Waals surface area (Å²) in [7, 11) is 1.81. The van der Waals surface area contributed by atoms with Gasteiger partial charge >= 0.3 is 0 Å². The number of nitrogen functional groups attached to an aromatic ring is 1. The Morgan fingerprint density at radius 1 is 1.07 bits per heavy atom. The zero-order valence-electron chi connectivity index (χ0n) is 16.6. The number of hydrogen-bond donors (Lipinski definition) is 1. The SMILES string of the molecule is Cc1ccc(N)cc1C(=O)N(C)Cc1c(C)nn(-c2ccccc2C)c1C. The molecular weight excluding hydrogens is 336 g/mol. The van der Waals surface area contributed by atoms with Gasteiger partial charge in [-0.2, -0.15) is 5.10 Å². The Kier molecular flexibility index (Phi) is 5.04. The molecule has 0 fully saturated rings. The monoisotopic (exact) mass is 362 g/mol. The number of nitrogens with zero attached hydrogens (tertiary/aromatic N) is 3. The summed E-state index contributed by atoms with van der Waals surface area (Å²) in [6, 6.07) is 13.6. The predicted octanol–water partition coefficient (Wildman–Crippen LogP) is 3.96. The van der Waals surface area contributed by atoms with Crippen molar-refractivity contribution in [1.29, 1.82) is 0 Å². The van der Waals surface area contributed by atoms with Gasteiger partial charge in [0.05, 0.1) is 11.4 Å². The molecule has 3 rings (SSSR count). The van der Waals surface area contributed by atoms with Crippen molar-refractivity contribution >= 4 is 11.6 Å². The fraction of sp³-hybridized carbons (Fsp3) is 0.273. The molecule has 2 N–H and O–H groups in total. The molecule has 140 valence electrons. The summed E-state index contributed by atoms with van der Waals surface area (Å²) in [5.74, 6) is -0.0396. The molecule has 0 aliphatic rings. The molecule has 0 unspecified atom stereocenters. The Morgan fingerprint density at radius 3 is 2.48 bits per heavy atom. The Bertz CT molecular complexity index is 1000. The molecule has 5 nitrogen and oxygen atoms in total. The quantitative estimate of drug-likeness (QED) is 0.715. The maximum Gasteiger partial charge on any atom is 0.254 e. The van der Waals surface area contributed by atoms with E-state index in [4.69, 9.17) is 10.8 Å². The second-order valence-corrected chi connectivity index (χ2v) is 7.08. The fourth-order valence-electron chi connectivity index (χ4n) is 3.32. The van der Waals surface area contributed by atoms with E-state index < -0.39 is 0 Å². The molecule has 1 aromatic heterocycles. The summed E-state index contributed by atoms with van der Waals surface area (Å²) in [6.45, 7) is 8.53. The lowest BCUT2D eigenvalue weighted by Gasteiger charge is -2.19. The van der Waals surface area contributed by atoms with Gasteiger partial charge in [0, 0.05) is 36.1 Å². The van der Waals surface area contributed by atoms with Gasteiger partial charge < -0.3 is 10.6 Å². The van der Waals surface area contributed by atoms with E-state index in [9.17, 15) is 4.79 Å². The zero-order valence-corrected chi connectivity index (χ0v) is 16.6. The van der Waals surface area contributed by atoms with Crippen LogP contribution in [-0.2, 0) is 6.54 Å².